The van der Waals surface area contributed by atoms with Crippen molar-refractivity contribution in [1.29, 1.82) is 0 Å². The molecular formula is C12H24N2O3S. The predicted octanol–water partition coefficient (Wildman–Crippen LogP) is 0.427. The normalized spacial score (nSPS) is 27.7. The van der Waals surface area contributed by atoms with Crippen LogP contribution in [0.1, 0.15) is 25.7 Å². The van der Waals surface area contributed by atoms with Gasteiger partial charge in [-0.3, -0.25) is 0 Å². The largest absolute Gasteiger partial charge is 0.384 e. The van der Waals surface area contributed by atoms with Gasteiger partial charge in [-0.15, -0.1) is 0 Å². The molecule has 1 N–H and O–H groups in total. The monoisotopic (exact) mass is 276 g/mol. The summed E-state index contributed by atoms with van der Waals surface area (Å²) in [5.74, 6) is 0.761. The van der Waals surface area contributed by atoms with Gasteiger partial charge in [0.05, 0.1) is 12.4 Å². The molecule has 2 saturated heterocycles. The molecule has 0 bridgehead atoms. The summed E-state index contributed by atoms with van der Waals surface area (Å²) in [5.41, 5.74) is 0. The third-order valence-corrected chi connectivity index (χ3v) is 5.94. The van der Waals surface area contributed by atoms with Gasteiger partial charge in [0.25, 0.3) is 0 Å². The third kappa shape index (κ3) is 3.44. The summed E-state index contributed by atoms with van der Waals surface area (Å²) < 4.78 is 30.5. The van der Waals surface area contributed by atoms with Gasteiger partial charge < -0.3 is 10.1 Å². The standard InChI is InChI=1S/C12H24N2O3S/c1-17-9-10-18(15,16)14-7-4-11(5-8-14)12-3-2-6-13-12/h11-13H,2-10H2,1H3. The Kier molecular flexibility index (Phi) is 5.00. The Morgan fingerprint density at radius 3 is 2.56 bits per heavy atom. The highest BCUT2D eigenvalue weighted by Crippen LogP contribution is 2.26. The first-order valence-corrected chi connectivity index (χ1v) is 8.44. The molecule has 0 aliphatic carbocycles. The molecule has 0 saturated carbocycles. The number of ether oxygens (including phenoxy) is 1. The van der Waals surface area contributed by atoms with Crippen molar-refractivity contribution in [1.82, 2.24) is 9.62 Å². The molecule has 5 nitrogen and oxygen atoms in total. The van der Waals surface area contributed by atoms with Gasteiger partial charge in [-0.1, -0.05) is 0 Å². The second-order valence-corrected chi connectivity index (χ2v) is 7.34. The second-order valence-electron chi connectivity index (χ2n) is 5.25. The highest BCUT2D eigenvalue weighted by atomic mass is 32.2. The first-order chi connectivity index (χ1) is 8.63. The van der Waals surface area contributed by atoms with Gasteiger partial charge in [0.2, 0.25) is 10.0 Å². The van der Waals surface area contributed by atoms with Crippen molar-refractivity contribution in [2.75, 3.05) is 39.1 Å². The van der Waals surface area contributed by atoms with Gasteiger partial charge in [-0.05, 0) is 38.1 Å². The molecule has 2 aliphatic heterocycles. The van der Waals surface area contributed by atoms with Crippen LogP contribution in [0.25, 0.3) is 0 Å². The van der Waals surface area contributed by atoms with Crippen molar-refractivity contribution >= 4 is 10.0 Å². The van der Waals surface area contributed by atoms with Crippen LogP contribution in [0.5, 0.6) is 0 Å². The van der Waals surface area contributed by atoms with Crippen LogP contribution in [-0.4, -0.2) is 57.9 Å². The number of rotatable bonds is 5. The van der Waals surface area contributed by atoms with Gasteiger partial charge >= 0.3 is 0 Å². The summed E-state index contributed by atoms with van der Waals surface area (Å²) >= 11 is 0. The smallest absolute Gasteiger partial charge is 0.216 e. The molecule has 2 rings (SSSR count). The molecule has 6 heteroatoms. The van der Waals surface area contributed by atoms with E-state index in [0.29, 0.717) is 25.0 Å². The lowest BCUT2D eigenvalue weighted by molar-refractivity contribution is 0.209. The molecule has 0 radical (unpaired) electrons. The summed E-state index contributed by atoms with van der Waals surface area (Å²) in [6, 6.07) is 0.619. The van der Waals surface area contributed by atoms with Crippen molar-refractivity contribution < 1.29 is 13.2 Å². The maximum atomic E-state index is 12.0. The Labute approximate surface area is 110 Å². The zero-order valence-electron chi connectivity index (χ0n) is 11.1. The molecule has 0 aromatic heterocycles. The molecule has 0 amide bonds. The minimum absolute atomic E-state index is 0.107. The molecule has 18 heavy (non-hydrogen) atoms. The van der Waals surface area contributed by atoms with Gasteiger partial charge in [0.1, 0.15) is 0 Å². The molecule has 0 spiro atoms. The number of nitrogens with zero attached hydrogens (tertiary/aromatic N) is 1. The van der Waals surface area contributed by atoms with Crippen LogP contribution in [0.15, 0.2) is 0 Å². The highest BCUT2D eigenvalue weighted by molar-refractivity contribution is 7.89. The van der Waals surface area contributed by atoms with E-state index in [-0.39, 0.29) is 12.4 Å². The molecule has 1 atom stereocenters. The van der Waals surface area contributed by atoms with Crippen LogP contribution in [0.4, 0.5) is 0 Å². The summed E-state index contributed by atoms with van der Waals surface area (Å²) in [4.78, 5) is 0. The van der Waals surface area contributed by atoms with Crippen molar-refractivity contribution in [3.63, 3.8) is 0 Å². The summed E-state index contributed by atoms with van der Waals surface area (Å²) in [6.07, 6.45) is 4.49. The topological polar surface area (TPSA) is 58.6 Å². The Morgan fingerprint density at radius 2 is 2.00 bits per heavy atom. The lowest BCUT2D eigenvalue weighted by Crippen LogP contribution is -2.44. The predicted molar refractivity (Wildman–Crippen MR) is 71.0 cm³/mol. The first kappa shape index (κ1) is 14.2. The number of methoxy groups -OCH3 is 1. The fourth-order valence-corrected chi connectivity index (χ4v) is 4.39. The maximum absolute atomic E-state index is 12.0. The average Bonchev–Trinajstić information content (AvgIpc) is 2.90. The molecule has 2 aliphatic rings. The summed E-state index contributed by atoms with van der Waals surface area (Å²) in [7, 11) is -1.57. The van der Waals surface area contributed by atoms with E-state index in [4.69, 9.17) is 4.74 Å². The first-order valence-electron chi connectivity index (χ1n) is 6.83. The van der Waals surface area contributed by atoms with Gasteiger partial charge in [0.15, 0.2) is 0 Å². The Bertz CT molecular complexity index is 344. The lowest BCUT2D eigenvalue weighted by Gasteiger charge is -2.34. The number of hydrogen-bond donors (Lipinski definition) is 1. The average molecular weight is 276 g/mol. The van der Waals surface area contributed by atoms with E-state index in [1.807, 2.05) is 0 Å². The third-order valence-electron chi connectivity index (χ3n) is 4.10. The van der Waals surface area contributed by atoms with E-state index in [1.165, 1.54) is 20.0 Å². The fraction of sp³-hybridized carbons (Fsp3) is 1.00. The van der Waals surface area contributed by atoms with Crippen LogP contribution in [0.3, 0.4) is 0 Å². The molecule has 1 unspecified atom stereocenters. The number of nitrogens with one attached hydrogen (secondary N) is 1. The van der Waals surface area contributed by atoms with Crippen LogP contribution < -0.4 is 5.32 Å². The molecule has 0 aromatic rings. The summed E-state index contributed by atoms with van der Waals surface area (Å²) in [5, 5.41) is 3.53. The fourth-order valence-electron chi connectivity index (χ4n) is 2.99. The van der Waals surface area contributed by atoms with Crippen LogP contribution in [0.2, 0.25) is 0 Å². The highest BCUT2D eigenvalue weighted by Gasteiger charge is 2.32. The minimum Gasteiger partial charge on any atom is -0.384 e. The lowest BCUT2D eigenvalue weighted by atomic mass is 9.89. The number of piperidine rings is 1. The van der Waals surface area contributed by atoms with Gasteiger partial charge in [-0.2, -0.15) is 0 Å². The maximum Gasteiger partial charge on any atom is 0.216 e. The second kappa shape index (κ2) is 6.32. The molecular weight excluding hydrogens is 252 g/mol. The van der Waals surface area contributed by atoms with E-state index < -0.39 is 10.0 Å². The van der Waals surface area contributed by atoms with Crippen LogP contribution in [0, 0.1) is 5.92 Å². The molecule has 106 valence electrons. The van der Waals surface area contributed by atoms with Crippen LogP contribution in [-0.2, 0) is 14.8 Å². The quantitative estimate of drug-likeness (QED) is 0.791. The van der Waals surface area contributed by atoms with Crippen molar-refractivity contribution in [2.24, 2.45) is 5.92 Å². The van der Waals surface area contributed by atoms with E-state index >= 15 is 0 Å². The molecule has 0 aromatic carbocycles. The SMILES string of the molecule is COCCS(=O)(=O)N1CCC(C2CCCN2)CC1. The summed E-state index contributed by atoms with van der Waals surface area (Å²) in [6.45, 7) is 2.76. The zero-order chi connectivity index (χ0) is 13.0. The Morgan fingerprint density at radius 1 is 1.28 bits per heavy atom. The molecule has 2 heterocycles. The van der Waals surface area contributed by atoms with Gasteiger partial charge in [0, 0.05) is 26.2 Å². The molecule has 2 fully saturated rings. The number of hydrogen-bond acceptors (Lipinski definition) is 4. The van der Waals surface area contributed by atoms with Crippen molar-refractivity contribution in [3.8, 4) is 0 Å². The number of sulfonamides is 1. The minimum atomic E-state index is -3.10. The van der Waals surface area contributed by atoms with E-state index in [9.17, 15) is 8.42 Å². The van der Waals surface area contributed by atoms with Crippen molar-refractivity contribution in [2.45, 2.75) is 31.7 Å². The van der Waals surface area contributed by atoms with E-state index in [0.717, 1.165) is 19.4 Å². The van der Waals surface area contributed by atoms with Crippen LogP contribution >= 0.6 is 0 Å². The zero-order valence-corrected chi connectivity index (χ0v) is 11.9. The van der Waals surface area contributed by atoms with Gasteiger partial charge in [-0.25, -0.2) is 12.7 Å². The Hall–Kier alpha value is -0.170. The van der Waals surface area contributed by atoms with Crippen molar-refractivity contribution in [3.05, 3.63) is 0 Å². The Balaban J connectivity index is 1.82. The van der Waals surface area contributed by atoms with E-state index in [1.54, 1.807) is 4.31 Å². The van der Waals surface area contributed by atoms with E-state index in [2.05, 4.69) is 5.32 Å².